The van der Waals surface area contributed by atoms with E-state index in [2.05, 4.69) is 16.3 Å². The molecule has 0 spiro atoms. The second-order valence-electron chi connectivity index (χ2n) is 2.05. The molecule has 0 bridgehead atoms. The predicted octanol–water partition coefficient (Wildman–Crippen LogP) is 1.79. The molecule has 0 amide bonds. The third-order valence-corrected chi connectivity index (χ3v) is 3.14. The average molecular weight is 185 g/mol. The second-order valence-corrected chi connectivity index (χ2v) is 4.15. The number of hydrogen-bond donors (Lipinski definition) is 0. The van der Waals surface area contributed by atoms with E-state index in [0.717, 1.165) is 10.1 Å². The Morgan fingerprint density at radius 3 is 3.27 bits per heavy atom. The normalized spacial score (nSPS) is 12.4. The smallest absolute Gasteiger partial charge is 0.174 e. The summed E-state index contributed by atoms with van der Waals surface area (Å²) in [5.41, 5.74) is 1.69. The largest absolute Gasteiger partial charge is 0.198 e. The van der Waals surface area contributed by atoms with Crippen LogP contribution in [0.15, 0.2) is 9.85 Å². The van der Waals surface area contributed by atoms with E-state index >= 15 is 0 Å². The van der Waals surface area contributed by atoms with Gasteiger partial charge in [-0.3, -0.25) is 0 Å². The summed E-state index contributed by atoms with van der Waals surface area (Å²) < 4.78 is 0.937. The Morgan fingerprint density at radius 1 is 1.91 bits per heavy atom. The number of hydrogen-bond acceptors (Lipinski definition) is 5. The molecule has 0 saturated heterocycles. The fraction of sp³-hybridized carbons (Fsp3) is 0.500. The molecule has 0 aliphatic rings. The third-order valence-electron chi connectivity index (χ3n) is 1.02. The highest BCUT2D eigenvalue weighted by Crippen LogP contribution is 2.20. The molecular weight excluding hydrogens is 178 g/mol. The van der Waals surface area contributed by atoms with Crippen molar-refractivity contribution >= 4 is 23.1 Å². The molecule has 1 rings (SSSR count). The van der Waals surface area contributed by atoms with E-state index in [-0.39, 0.29) is 5.92 Å². The van der Waals surface area contributed by atoms with Crippen molar-refractivity contribution in [3.05, 3.63) is 5.51 Å². The molecule has 1 unspecified atom stereocenters. The number of nitrogens with zero attached hydrogens (tertiary/aromatic N) is 3. The standard InChI is InChI=1S/C6H7N3S2/c1-5(2-7)3-10-6-9-8-4-11-6/h4-5H,3H2,1H3. The Bertz CT molecular complexity index is 239. The highest BCUT2D eigenvalue weighted by molar-refractivity contribution is 8.01. The Hall–Kier alpha value is -0.600. The van der Waals surface area contributed by atoms with Gasteiger partial charge in [0.25, 0.3) is 0 Å². The molecule has 58 valence electrons. The molecule has 3 nitrogen and oxygen atoms in total. The van der Waals surface area contributed by atoms with E-state index in [0.29, 0.717) is 0 Å². The molecule has 0 aromatic carbocycles. The minimum Gasteiger partial charge on any atom is -0.198 e. The summed E-state index contributed by atoms with van der Waals surface area (Å²) in [6.45, 7) is 1.90. The van der Waals surface area contributed by atoms with Crippen molar-refractivity contribution in [1.29, 1.82) is 5.26 Å². The van der Waals surface area contributed by atoms with E-state index in [1.807, 2.05) is 6.92 Å². The summed E-state index contributed by atoms with van der Waals surface area (Å²) in [6, 6.07) is 2.16. The lowest BCUT2D eigenvalue weighted by Gasteiger charge is -1.96. The predicted molar refractivity (Wildman–Crippen MR) is 45.4 cm³/mol. The average Bonchev–Trinajstić information content (AvgIpc) is 2.52. The first kappa shape index (κ1) is 8.50. The maximum atomic E-state index is 8.47. The van der Waals surface area contributed by atoms with Gasteiger partial charge in [0.2, 0.25) is 0 Å². The quantitative estimate of drug-likeness (QED) is 0.674. The van der Waals surface area contributed by atoms with Crippen molar-refractivity contribution < 1.29 is 0 Å². The molecule has 1 aromatic heterocycles. The van der Waals surface area contributed by atoms with Crippen LogP contribution in [0, 0.1) is 17.2 Å². The van der Waals surface area contributed by atoms with Crippen LogP contribution in [0.1, 0.15) is 6.92 Å². The molecule has 1 atom stereocenters. The summed E-state index contributed by atoms with van der Waals surface area (Å²) in [7, 11) is 0. The number of rotatable bonds is 3. The second kappa shape index (κ2) is 4.31. The van der Waals surface area contributed by atoms with Crippen LogP contribution in [0.25, 0.3) is 0 Å². The SMILES string of the molecule is CC(C#N)CSc1nncs1. The maximum Gasteiger partial charge on any atom is 0.174 e. The molecule has 1 heterocycles. The zero-order chi connectivity index (χ0) is 8.10. The van der Waals surface area contributed by atoms with E-state index in [4.69, 9.17) is 5.26 Å². The topological polar surface area (TPSA) is 49.6 Å². The zero-order valence-electron chi connectivity index (χ0n) is 6.02. The minimum atomic E-state index is 0.0869. The Kier molecular flexibility index (Phi) is 3.33. The van der Waals surface area contributed by atoms with Gasteiger partial charge >= 0.3 is 0 Å². The van der Waals surface area contributed by atoms with Gasteiger partial charge in [0.15, 0.2) is 4.34 Å². The fourth-order valence-corrected chi connectivity index (χ4v) is 1.92. The first-order chi connectivity index (χ1) is 5.33. The molecule has 5 heteroatoms. The summed E-state index contributed by atoms with van der Waals surface area (Å²) in [4.78, 5) is 0. The van der Waals surface area contributed by atoms with Crippen molar-refractivity contribution in [2.24, 2.45) is 5.92 Å². The van der Waals surface area contributed by atoms with Crippen molar-refractivity contribution in [3.63, 3.8) is 0 Å². The third kappa shape index (κ3) is 2.87. The summed E-state index contributed by atoms with van der Waals surface area (Å²) in [5, 5.41) is 16.0. The van der Waals surface area contributed by atoms with Crippen LogP contribution in [0.2, 0.25) is 0 Å². The molecule has 0 aliphatic heterocycles. The minimum absolute atomic E-state index is 0.0869. The first-order valence-electron chi connectivity index (χ1n) is 3.11. The van der Waals surface area contributed by atoms with Crippen LogP contribution in [0.5, 0.6) is 0 Å². The molecule has 0 aliphatic carbocycles. The summed E-state index contributed by atoms with van der Waals surface area (Å²) in [5.74, 6) is 0.884. The van der Waals surface area contributed by atoms with E-state index in [1.165, 1.54) is 11.3 Å². The van der Waals surface area contributed by atoms with Gasteiger partial charge in [-0.2, -0.15) is 5.26 Å². The summed E-state index contributed by atoms with van der Waals surface area (Å²) >= 11 is 3.09. The van der Waals surface area contributed by atoms with E-state index < -0.39 is 0 Å². The van der Waals surface area contributed by atoms with Crippen molar-refractivity contribution in [3.8, 4) is 6.07 Å². The Balaban J connectivity index is 2.30. The number of nitriles is 1. The molecule has 0 N–H and O–H groups in total. The molecule has 0 fully saturated rings. The van der Waals surface area contributed by atoms with Crippen LogP contribution < -0.4 is 0 Å². The van der Waals surface area contributed by atoms with Crippen molar-refractivity contribution in [2.75, 3.05) is 5.75 Å². The summed E-state index contributed by atoms with van der Waals surface area (Å²) in [6.07, 6.45) is 0. The molecule has 11 heavy (non-hydrogen) atoms. The highest BCUT2D eigenvalue weighted by Gasteiger charge is 2.02. The lowest BCUT2D eigenvalue weighted by atomic mass is 10.3. The Labute approximate surface area is 73.5 Å². The van der Waals surface area contributed by atoms with Gasteiger partial charge < -0.3 is 0 Å². The van der Waals surface area contributed by atoms with Crippen LogP contribution in [-0.4, -0.2) is 16.0 Å². The van der Waals surface area contributed by atoms with Crippen LogP contribution >= 0.6 is 23.1 Å². The van der Waals surface area contributed by atoms with Gasteiger partial charge in [-0.1, -0.05) is 23.1 Å². The number of aromatic nitrogens is 2. The van der Waals surface area contributed by atoms with Crippen LogP contribution in [0.4, 0.5) is 0 Å². The zero-order valence-corrected chi connectivity index (χ0v) is 7.65. The number of thioether (sulfide) groups is 1. The van der Waals surface area contributed by atoms with Crippen LogP contribution in [0.3, 0.4) is 0 Å². The fourth-order valence-electron chi connectivity index (χ4n) is 0.459. The van der Waals surface area contributed by atoms with Gasteiger partial charge in [0.1, 0.15) is 5.51 Å². The molecule has 0 radical (unpaired) electrons. The van der Waals surface area contributed by atoms with Crippen molar-refractivity contribution in [2.45, 2.75) is 11.3 Å². The van der Waals surface area contributed by atoms with Gasteiger partial charge in [0, 0.05) is 5.75 Å². The first-order valence-corrected chi connectivity index (χ1v) is 4.98. The molecular formula is C6H7N3S2. The van der Waals surface area contributed by atoms with Gasteiger partial charge in [0.05, 0.1) is 12.0 Å². The van der Waals surface area contributed by atoms with Gasteiger partial charge in [-0.25, -0.2) is 0 Å². The highest BCUT2D eigenvalue weighted by atomic mass is 32.2. The van der Waals surface area contributed by atoms with Crippen molar-refractivity contribution in [1.82, 2.24) is 10.2 Å². The maximum absolute atomic E-state index is 8.47. The molecule has 1 aromatic rings. The van der Waals surface area contributed by atoms with E-state index in [9.17, 15) is 0 Å². The lowest BCUT2D eigenvalue weighted by Crippen LogP contribution is -1.92. The van der Waals surface area contributed by atoms with Crippen LogP contribution in [-0.2, 0) is 0 Å². The Morgan fingerprint density at radius 2 is 2.73 bits per heavy atom. The monoisotopic (exact) mass is 185 g/mol. The lowest BCUT2D eigenvalue weighted by molar-refractivity contribution is 0.862. The van der Waals surface area contributed by atoms with Gasteiger partial charge in [-0.05, 0) is 6.92 Å². The van der Waals surface area contributed by atoms with Gasteiger partial charge in [-0.15, -0.1) is 10.2 Å². The molecule has 0 saturated carbocycles. The van der Waals surface area contributed by atoms with E-state index in [1.54, 1.807) is 17.3 Å².